The van der Waals surface area contributed by atoms with Gasteiger partial charge in [0.2, 0.25) is 0 Å². The van der Waals surface area contributed by atoms with Crippen LogP contribution in [0.5, 0.6) is 0 Å². The first-order valence-corrected chi connectivity index (χ1v) is 7.12. The first-order chi connectivity index (χ1) is 8.75. The van der Waals surface area contributed by atoms with Gasteiger partial charge in [-0.1, -0.05) is 6.42 Å². The first kappa shape index (κ1) is 13.5. The summed E-state index contributed by atoms with van der Waals surface area (Å²) in [5, 5.41) is 7.23. The molecule has 0 aliphatic carbocycles. The topological polar surface area (TPSA) is 37.0 Å². The number of nitrogens with zero attached hydrogens (tertiary/aromatic N) is 1. The van der Waals surface area contributed by atoms with E-state index in [1.807, 2.05) is 12.4 Å². The van der Waals surface area contributed by atoms with Crippen LogP contribution < -0.4 is 10.6 Å². The molecule has 0 spiro atoms. The molecule has 0 bridgehead atoms. The molecule has 0 saturated carbocycles. The van der Waals surface area contributed by atoms with Crippen molar-refractivity contribution in [3.63, 3.8) is 0 Å². The zero-order valence-electron chi connectivity index (χ0n) is 11.6. The van der Waals surface area contributed by atoms with Gasteiger partial charge in [0.15, 0.2) is 0 Å². The second-order valence-electron chi connectivity index (χ2n) is 5.47. The summed E-state index contributed by atoms with van der Waals surface area (Å²) in [7, 11) is 0. The van der Waals surface area contributed by atoms with Crippen molar-refractivity contribution in [2.45, 2.75) is 58.2 Å². The van der Waals surface area contributed by atoms with Crippen molar-refractivity contribution in [3.8, 4) is 0 Å². The van der Waals surface area contributed by atoms with Crippen LogP contribution in [-0.4, -0.2) is 23.6 Å². The Hall–Kier alpha value is -0.930. The van der Waals surface area contributed by atoms with Gasteiger partial charge in [0, 0.05) is 31.0 Å². The molecule has 2 atom stereocenters. The molecule has 2 unspecified atom stereocenters. The fourth-order valence-electron chi connectivity index (χ4n) is 2.62. The van der Waals surface area contributed by atoms with Crippen LogP contribution in [0.15, 0.2) is 18.5 Å². The van der Waals surface area contributed by atoms with Crippen molar-refractivity contribution in [1.82, 2.24) is 15.6 Å². The second-order valence-corrected chi connectivity index (χ2v) is 5.47. The van der Waals surface area contributed by atoms with Gasteiger partial charge in [-0.2, -0.15) is 0 Å². The summed E-state index contributed by atoms with van der Waals surface area (Å²) in [6.07, 6.45) is 9.09. The molecule has 1 aliphatic heterocycles. The van der Waals surface area contributed by atoms with E-state index in [-0.39, 0.29) is 0 Å². The largest absolute Gasteiger partial charge is 0.314 e. The smallest absolute Gasteiger partial charge is 0.0300 e. The molecule has 18 heavy (non-hydrogen) atoms. The molecule has 1 fully saturated rings. The summed E-state index contributed by atoms with van der Waals surface area (Å²) in [5.41, 5.74) is 2.63. The van der Waals surface area contributed by atoms with Crippen LogP contribution in [0, 0.1) is 6.92 Å². The molecule has 2 rings (SSSR count). The van der Waals surface area contributed by atoms with Crippen LogP contribution in [-0.2, 0) is 6.54 Å². The summed E-state index contributed by atoms with van der Waals surface area (Å²) in [5.74, 6) is 0. The van der Waals surface area contributed by atoms with E-state index in [1.165, 1.54) is 43.4 Å². The Kier molecular flexibility index (Phi) is 5.14. The maximum atomic E-state index is 4.13. The van der Waals surface area contributed by atoms with Crippen molar-refractivity contribution >= 4 is 0 Å². The Bertz CT molecular complexity index is 359. The van der Waals surface area contributed by atoms with Crippen molar-refractivity contribution in [1.29, 1.82) is 0 Å². The maximum absolute atomic E-state index is 4.13. The fraction of sp³-hybridized carbons (Fsp3) is 0.667. The molecule has 100 valence electrons. The number of piperidine rings is 1. The van der Waals surface area contributed by atoms with Crippen LogP contribution in [0.2, 0.25) is 0 Å². The molecular weight excluding hydrogens is 222 g/mol. The zero-order chi connectivity index (χ0) is 12.8. The molecule has 1 aliphatic rings. The Morgan fingerprint density at radius 2 is 2.39 bits per heavy atom. The maximum Gasteiger partial charge on any atom is 0.0300 e. The van der Waals surface area contributed by atoms with Gasteiger partial charge in [-0.3, -0.25) is 4.98 Å². The van der Waals surface area contributed by atoms with E-state index >= 15 is 0 Å². The van der Waals surface area contributed by atoms with Gasteiger partial charge in [0.25, 0.3) is 0 Å². The Morgan fingerprint density at radius 3 is 3.11 bits per heavy atom. The molecule has 2 N–H and O–H groups in total. The highest BCUT2D eigenvalue weighted by atomic mass is 15.0. The Balaban J connectivity index is 1.74. The minimum Gasteiger partial charge on any atom is -0.314 e. The van der Waals surface area contributed by atoms with E-state index < -0.39 is 0 Å². The lowest BCUT2D eigenvalue weighted by atomic mass is 9.98. The van der Waals surface area contributed by atoms with Crippen molar-refractivity contribution in [2.24, 2.45) is 0 Å². The number of hydrogen-bond donors (Lipinski definition) is 2. The number of pyridine rings is 1. The number of aromatic nitrogens is 1. The third kappa shape index (κ3) is 4.07. The van der Waals surface area contributed by atoms with Crippen LogP contribution in [0.1, 0.15) is 43.7 Å². The average molecular weight is 247 g/mol. The quantitative estimate of drug-likeness (QED) is 0.839. The molecular formula is C15H25N3. The number of aryl methyl sites for hydroxylation is 1. The predicted octanol–water partition coefficient (Wildman–Crippen LogP) is 2.40. The highest BCUT2D eigenvalue weighted by Crippen LogP contribution is 2.12. The predicted molar refractivity (Wildman–Crippen MR) is 75.5 cm³/mol. The molecule has 3 heteroatoms. The SMILES string of the molecule is Cc1cnccc1CNC(C)CC1CCCCN1. The summed E-state index contributed by atoms with van der Waals surface area (Å²) >= 11 is 0. The lowest BCUT2D eigenvalue weighted by molar-refractivity contribution is 0.344. The highest BCUT2D eigenvalue weighted by Gasteiger charge is 2.15. The molecule has 0 radical (unpaired) electrons. The van der Waals surface area contributed by atoms with Gasteiger partial charge < -0.3 is 10.6 Å². The molecule has 2 heterocycles. The first-order valence-electron chi connectivity index (χ1n) is 7.12. The molecule has 0 aromatic carbocycles. The number of rotatable bonds is 5. The van der Waals surface area contributed by atoms with Crippen molar-refractivity contribution in [3.05, 3.63) is 29.6 Å². The normalized spacial score (nSPS) is 21.8. The van der Waals surface area contributed by atoms with Gasteiger partial charge >= 0.3 is 0 Å². The van der Waals surface area contributed by atoms with Gasteiger partial charge in [0.1, 0.15) is 0 Å². The van der Waals surface area contributed by atoms with Crippen LogP contribution in [0.3, 0.4) is 0 Å². The van der Waals surface area contributed by atoms with Gasteiger partial charge in [-0.15, -0.1) is 0 Å². The highest BCUT2D eigenvalue weighted by molar-refractivity contribution is 5.21. The Morgan fingerprint density at radius 1 is 1.50 bits per heavy atom. The van der Waals surface area contributed by atoms with E-state index in [4.69, 9.17) is 0 Å². The number of hydrogen-bond acceptors (Lipinski definition) is 3. The minimum absolute atomic E-state index is 0.563. The summed E-state index contributed by atoms with van der Waals surface area (Å²) in [6.45, 7) is 6.55. The minimum atomic E-state index is 0.563. The third-order valence-corrected chi connectivity index (χ3v) is 3.83. The van der Waals surface area contributed by atoms with Gasteiger partial charge in [-0.05, 0) is 56.8 Å². The van der Waals surface area contributed by atoms with Crippen LogP contribution in [0.25, 0.3) is 0 Å². The van der Waals surface area contributed by atoms with E-state index in [9.17, 15) is 0 Å². The average Bonchev–Trinajstić information content (AvgIpc) is 2.39. The standard InChI is InChI=1S/C15H25N3/c1-12-10-16-8-6-14(12)11-18-13(2)9-15-5-3-4-7-17-15/h6,8,10,13,15,17-18H,3-5,7,9,11H2,1-2H3. The summed E-state index contributed by atoms with van der Waals surface area (Å²) in [4.78, 5) is 4.13. The summed E-state index contributed by atoms with van der Waals surface area (Å²) in [6, 6.07) is 3.38. The van der Waals surface area contributed by atoms with Gasteiger partial charge in [0.05, 0.1) is 0 Å². The van der Waals surface area contributed by atoms with Crippen molar-refractivity contribution < 1.29 is 0 Å². The monoisotopic (exact) mass is 247 g/mol. The Labute approximate surface area is 110 Å². The molecule has 1 aromatic heterocycles. The van der Waals surface area contributed by atoms with Crippen LogP contribution >= 0.6 is 0 Å². The van der Waals surface area contributed by atoms with Gasteiger partial charge in [-0.25, -0.2) is 0 Å². The van der Waals surface area contributed by atoms with E-state index in [1.54, 1.807) is 0 Å². The number of nitrogens with one attached hydrogen (secondary N) is 2. The molecule has 1 aromatic rings. The fourth-order valence-corrected chi connectivity index (χ4v) is 2.62. The zero-order valence-corrected chi connectivity index (χ0v) is 11.6. The van der Waals surface area contributed by atoms with E-state index in [2.05, 4.69) is 35.5 Å². The second kappa shape index (κ2) is 6.86. The lowest BCUT2D eigenvalue weighted by Crippen LogP contribution is -2.39. The molecule has 0 amide bonds. The molecule has 1 saturated heterocycles. The molecule has 3 nitrogen and oxygen atoms in total. The van der Waals surface area contributed by atoms with E-state index in [0.29, 0.717) is 12.1 Å². The summed E-state index contributed by atoms with van der Waals surface area (Å²) < 4.78 is 0. The van der Waals surface area contributed by atoms with Crippen molar-refractivity contribution in [2.75, 3.05) is 6.54 Å². The lowest BCUT2D eigenvalue weighted by Gasteiger charge is -2.26. The van der Waals surface area contributed by atoms with E-state index in [0.717, 1.165) is 6.54 Å². The third-order valence-electron chi connectivity index (χ3n) is 3.83. The van der Waals surface area contributed by atoms with Crippen LogP contribution in [0.4, 0.5) is 0 Å².